The van der Waals surface area contributed by atoms with Crippen molar-refractivity contribution in [3.63, 3.8) is 0 Å². The molecule has 0 spiro atoms. The smallest absolute Gasteiger partial charge is 0.222 e. The van der Waals surface area contributed by atoms with Crippen molar-refractivity contribution in [2.45, 2.75) is 12.8 Å². The van der Waals surface area contributed by atoms with E-state index in [1.807, 2.05) is 24.3 Å². The van der Waals surface area contributed by atoms with E-state index in [0.717, 1.165) is 35.7 Å². The van der Waals surface area contributed by atoms with Gasteiger partial charge in [0.25, 0.3) is 0 Å². The Morgan fingerprint density at radius 2 is 2.28 bits per heavy atom. The molecule has 0 aliphatic heterocycles. The van der Waals surface area contributed by atoms with Crippen LogP contribution in [0.4, 0.5) is 5.95 Å². The van der Waals surface area contributed by atoms with Crippen LogP contribution in [0, 0.1) is 11.8 Å². The van der Waals surface area contributed by atoms with Crippen LogP contribution in [0.3, 0.4) is 0 Å². The van der Waals surface area contributed by atoms with Crippen molar-refractivity contribution in [3.05, 3.63) is 36.4 Å². The summed E-state index contributed by atoms with van der Waals surface area (Å²) in [4.78, 5) is 7.65. The van der Waals surface area contributed by atoms with Crippen LogP contribution in [0.15, 0.2) is 41.5 Å². The molecule has 0 bridgehead atoms. The van der Waals surface area contributed by atoms with Gasteiger partial charge in [0.05, 0.1) is 11.0 Å². The minimum absolute atomic E-state index is 0.641. The van der Waals surface area contributed by atoms with Gasteiger partial charge in [-0.1, -0.05) is 24.3 Å². The minimum Gasteiger partial charge on any atom is -0.323 e. The third kappa shape index (κ3) is 1.45. The molecular weight excluding hydrogens is 224 g/mol. The maximum Gasteiger partial charge on any atom is 0.222 e. The van der Waals surface area contributed by atoms with Crippen molar-refractivity contribution < 1.29 is 0 Å². The van der Waals surface area contributed by atoms with Gasteiger partial charge in [-0.2, -0.15) is 5.10 Å². The summed E-state index contributed by atoms with van der Waals surface area (Å²) < 4.78 is 0. The first kappa shape index (κ1) is 9.88. The largest absolute Gasteiger partial charge is 0.323 e. The molecule has 2 aromatic rings. The van der Waals surface area contributed by atoms with Gasteiger partial charge in [-0.3, -0.25) is 0 Å². The number of rotatable bonds is 2. The molecule has 0 amide bonds. The molecule has 1 saturated carbocycles. The number of fused-ring (bicyclic) bond motifs is 2. The topological polar surface area (TPSA) is 53.1 Å². The van der Waals surface area contributed by atoms with Gasteiger partial charge in [0.1, 0.15) is 0 Å². The van der Waals surface area contributed by atoms with E-state index in [1.165, 1.54) is 5.71 Å². The Morgan fingerprint density at radius 3 is 3.17 bits per heavy atom. The Balaban J connectivity index is 1.53. The van der Waals surface area contributed by atoms with Gasteiger partial charge in [0.2, 0.25) is 5.95 Å². The molecule has 0 radical (unpaired) electrons. The van der Waals surface area contributed by atoms with E-state index >= 15 is 0 Å². The molecular formula is C14H14N4. The molecule has 1 aromatic heterocycles. The second-order valence-electron chi connectivity index (χ2n) is 4.96. The summed E-state index contributed by atoms with van der Waals surface area (Å²) in [6, 6.07) is 7.99. The van der Waals surface area contributed by atoms with Crippen LogP contribution in [0.25, 0.3) is 11.0 Å². The lowest BCUT2D eigenvalue weighted by molar-refractivity contribution is 0.466. The summed E-state index contributed by atoms with van der Waals surface area (Å²) in [5.41, 5.74) is 6.31. The monoisotopic (exact) mass is 238 g/mol. The SMILES string of the molecule is C1=C[C@@H]2C/C(=N\Nc3nc4ccccc4[nH]3)[C@H]2C1. The lowest BCUT2D eigenvalue weighted by atomic mass is 9.74. The van der Waals surface area contributed by atoms with Gasteiger partial charge in [0, 0.05) is 11.6 Å². The molecule has 1 heterocycles. The van der Waals surface area contributed by atoms with Crippen LogP contribution in [0.2, 0.25) is 0 Å². The number of hydrogen-bond acceptors (Lipinski definition) is 3. The first-order chi connectivity index (χ1) is 8.90. The molecule has 4 heteroatoms. The van der Waals surface area contributed by atoms with Gasteiger partial charge in [-0.25, -0.2) is 10.4 Å². The van der Waals surface area contributed by atoms with Crippen molar-refractivity contribution in [1.29, 1.82) is 0 Å². The van der Waals surface area contributed by atoms with Crippen LogP contribution in [-0.4, -0.2) is 15.7 Å². The Morgan fingerprint density at radius 1 is 1.33 bits per heavy atom. The predicted octanol–water partition coefficient (Wildman–Crippen LogP) is 2.93. The van der Waals surface area contributed by atoms with Crippen molar-refractivity contribution in [2.75, 3.05) is 5.43 Å². The lowest BCUT2D eigenvalue weighted by Crippen LogP contribution is -2.33. The fraction of sp³-hybridized carbons (Fsp3) is 0.286. The molecule has 2 aliphatic carbocycles. The number of H-pyrrole nitrogens is 1. The van der Waals surface area contributed by atoms with Crippen LogP contribution < -0.4 is 5.43 Å². The fourth-order valence-corrected chi connectivity index (χ4v) is 2.79. The molecule has 4 rings (SSSR count). The maximum absolute atomic E-state index is 4.47. The first-order valence-electron chi connectivity index (χ1n) is 6.34. The quantitative estimate of drug-likeness (QED) is 0.624. The van der Waals surface area contributed by atoms with Crippen LogP contribution in [-0.2, 0) is 0 Å². The van der Waals surface area contributed by atoms with Crippen molar-refractivity contribution in [3.8, 4) is 0 Å². The first-order valence-corrected chi connectivity index (χ1v) is 6.34. The summed E-state index contributed by atoms with van der Waals surface area (Å²) in [6.45, 7) is 0. The van der Waals surface area contributed by atoms with Crippen molar-refractivity contribution >= 4 is 22.7 Å². The summed E-state index contributed by atoms with van der Waals surface area (Å²) in [5.74, 6) is 2.10. The van der Waals surface area contributed by atoms with Crippen molar-refractivity contribution in [1.82, 2.24) is 9.97 Å². The van der Waals surface area contributed by atoms with Crippen LogP contribution >= 0.6 is 0 Å². The number of aromatic nitrogens is 2. The highest BCUT2D eigenvalue weighted by Gasteiger charge is 2.37. The number of nitrogens with zero attached hydrogens (tertiary/aromatic N) is 2. The summed E-state index contributed by atoms with van der Waals surface area (Å²) in [6.07, 6.45) is 6.81. The van der Waals surface area contributed by atoms with E-state index in [4.69, 9.17) is 0 Å². The Labute approximate surface area is 105 Å². The van der Waals surface area contributed by atoms with Gasteiger partial charge in [-0.05, 0) is 30.9 Å². The second kappa shape index (κ2) is 3.70. The highest BCUT2D eigenvalue weighted by Crippen LogP contribution is 2.40. The number of para-hydroxylation sites is 2. The average molecular weight is 238 g/mol. The highest BCUT2D eigenvalue weighted by molar-refractivity contribution is 5.94. The Kier molecular flexibility index (Phi) is 2.03. The minimum atomic E-state index is 0.641. The number of nitrogens with one attached hydrogen (secondary N) is 2. The standard InChI is InChI=1S/C14H14N4/c1-2-7-12-11(6-1)15-14(16-12)18-17-13-8-9-4-3-5-10(9)13/h1-4,6-7,9-10H,5,8H2,(H2,15,16,18)/b17-13+/t9-,10+/m1/s1. The number of allylic oxidation sites excluding steroid dienone is 2. The zero-order chi connectivity index (χ0) is 11.9. The molecule has 1 aromatic carbocycles. The molecule has 90 valence electrons. The number of anilines is 1. The predicted molar refractivity (Wildman–Crippen MR) is 72.5 cm³/mol. The van der Waals surface area contributed by atoms with E-state index in [2.05, 4.69) is 32.6 Å². The molecule has 2 N–H and O–H groups in total. The van der Waals surface area contributed by atoms with E-state index < -0.39 is 0 Å². The second-order valence-corrected chi connectivity index (χ2v) is 4.96. The van der Waals surface area contributed by atoms with Gasteiger partial charge < -0.3 is 4.98 Å². The Hall–Kier alpha value is -2.10. The number of hydrazone groups is 1. The Bertz CT molecular complexity index is 620. The number of imidazole rings is 1. The molecule has 0 unspecified atom stereocenters. The third-order valence-corrected chi connectivity index (χ3v) is 3.86. The van der Waals surface area contributed by atoms with E-state index in [0.29, 0.717) is 5.92 Å². The third-order valence-electron chi connectivity index (χ3n) is 3.86. The fourth-order valence-electron chi connectivity index (χ4n) is 2.79. The normalized spacial score (nSPS) is 27.4. The van der Waals surface area contributed by atoms with E-state index in [1.54, 1.807) is 0 Å². The number of hydrogen-bond donors (Lipinski definition) is 2. The molecule has 0 saturated heterocycles. The van der Waals surface area contributed by atoms with Gasteiger partial charge in [0.15, 0.2) is 0 Å². The average Bonchev–Trinajstić information content (AvgIpc) is 2.93. The molecule has 4 nitrogen and oxygen atoms in total. The van der Waals surface area contributed by atoms with Crippen LogP contribution in [0.5, 0.6) is 0 Å². The number of aromatic amines is 1. The summed E-state index contributed by atoms with van der Waals surface area (Å²) >= 11 is 0. The molecule has 18 heavy (non-hydrogen) atoms. The van der Waals surface area contributed by atoms with E-state index in [9.17, 15) is 0 Å². The highest BCUT2D eigenvalue weighted by atomic mass is 15.4. The lowest BCUT2D eigenvalue weighted by Gasteiger charge is -2.31. The van der Waals surface area contributed by atoms with Crippen molar-refractivity contribution in [2.24, 2.45) is 16.9 Å². The summed E-state index contributed by atoms with van der Waals surface area (Å²) in [5, 5.41) is 4.47. The van der Waals surface area contributed by atoms with Gasteiger partial charge >= 0.3 is 0 Å². The zero-order valence-electron chi connectivity index (χ0n) is 9.93. The maximum atomic E-state index is 4.47. The number of benzene rings is 1. The van der Waals surface area contributed by atoms with Crippen LogP contribution in [0.1, 0.15) is 12.8 Å². The zero-order valence-corrected chi connectivity index (χ0v) is 9.93. The molecule has 2 atom stereocenters. The summed E-state index contributed by atoms with van der Waals surface area (Å²) in [7, 11) is 0. The van der Waals surface area contributed by atoms with Gasteiger partial charge in [-0.15, -0.1) is 0 Å². The van der Waals surface area contributed by atoms with E-state index in [-0.39, 0.29) is 0 Å². The molecule has 2 aliphatic rings. The molecule has 1 fully saturated rings.